The van der Waals surface area contributed by atoms with Crippen molar-refractivity contribution in [2.75, 3.05) is 0 Å². The number of ketones is 1. The van der Waals surface area contributed by atoms with E-state index >= 15 is 0 Å². The number of Topliss-reactive ketones (excluding diaryl/α,β-unsaturated/α-hetero) is 1. The number of fused-ring (bicyclic) bond motifs is 2. The van der Waals surface area contributed by atoms with Crippen LogP contribution in [0.15, 0.2) is 18.2 Å². The lowest BCUT2D eigenvalue weighted by Gasteiger charge is -2.28. The second-order valence-electron chi connectivity index (χ2n) is 5.73. The van der Waals surface area contributed by atoms with E-state index in [9.17, 15) is 9.18 Å². The minimum atomic E-state index is -0.474. The summed E-state index contributed by atoms with van der Waals surface area (Å²) in [5.74, 6) is 0.0569. The first kappa shape index (κ1) is 13.1. The average molecular weight is 282 g/mol. The van der Waals surface area contributed by atoms with Crippen LogP contribution in [0.2, 0.25) is 5.02 Å². The monoisotopic (exact) mass is 281 g/mol. The molecule has 0 spiro atoms. The highest BCUT2D eigenvalue weighted by Gasteiger charge is 2.34. The summed E-state index contributed by atoms with van der Waals surface area (Å²) in [6, 6.07) is 5.41. The molecule has 0 aliphatic carbocycles. The van der Waals surface area contributed by atoms with Gasteiger partial charge in [0.15, 0.2) is 5.78 Å². The molecule has 0 aromatic heterocycles. The first-order valence-electron chi connectivity index (χ1n) is 6.86. The van der Waals surface area contributed by atoms with Gasteiger partial charge in [0.1, 0.15) is 5.82 Å². The summed E-state index contributed by atoms with van der Waals surface area (Å²) >= 11 is 5.72. The molecule has 0 radical (unpaired) electrons. The molecule has 2 saturated heterocycles. The van der Waals surface area contributed by atoms with E-state index in [1.165, 1.54) is 31.0 Å². The van der Waals surface area contributed by atoms with Crippen LogP contribution in [0.25, 0.3) is 0 Å². The normalized spacial score (nSPS) is 29.5. The van der Waals surface area contributed by atoms with Crippen molar-refractivity contribution in [1.29, 1.82) is 0 Å². The van der Waals surface area contributed by atoms with Gasteiger partial charge in [-0.2, -0.15) is 0 Å². The highest BCUT2D eigenvalue weighted by Crippen LogP contribution is 2.33. The highest BCUT2D eigenvalue weighted by molar-refractivity contribution is 6.31. The minimum Gasteiger partial charge on any atom is -0.311 e. The van der Waals surface area contributed by atoms with Crippen molar-refractivity contribution in [2.24, 2.45) is 5.92 Å². The van der Waals surface area contributed by atoms with Gasteiger partial charge in [-0.3, -0.25) is 4.79 Å². The standard InChI is InChI=1S/C15H17ClFNO/c16-13-8-10(1-4-14(13)17)15(19)7-9-5-11-2-3-12(6-9)18-11/h1,4,8-9,11-12,18H,2-3,5-7H2. The van der Waals surface area contributed by atoms with Crippen molar-refractivity contribution in [1.82, 2.24) is 5.32 Å². The third-order valence-corrected chi connectivity index (χ3v) is 4.58. The van der Waals surface area contributed by atoms with Gasteiger partial charge < -0.3 is 5.32 Å². The number of rotatable bonds is 3. The number of nitrogens with one attached hydrogen (secondary N) is 1. The second-order valence-corrected chi connectivity index (χ2v) is 6.14. The molecule has 3 rings (SSSR count). The van der Waals surface area contributed by atoms with Gasteiger partial charge in [0.25, 0.3) is 0 Å². The van der Waals surface area contributed by atoms with Crippen LogP contribution < -0.4 is 5.32 Å². The Labute approximate surface area is 117 Å². The van der Waals surface area contributed by atoms with Crippen LogP contribution in [0, 0.1) is 11.7 Å². The highest BCUT2D eigenvalue weighted by atomic mass is 35.5. The predicted molar refractivity (Wildman–Crippen MR) is 73.0 cm³/mol. The number of piperidine rings is 1. The Morgan fingerprint density at radius 3 is 2.63 bits per heavy atom. The van der Waals surface area contributed by atoms with E-state index in [2.05, 4.69) is 5.32 Å². The Hall–Kier alpha value is -0.930. The lowest BCUT2D eigenvalue weighted by Crippen LogP contribution is -2.38. The van der Waals surface area contributed by atoms with Crippen molar-refractivity contribution in [3.05, 3.63) is 34.6 Å². The molecule has 0 saturated carbocycles. The van der Waals surface area contributed by atoms with Crippen molar-refractivity contribution in [3.8, 4) is 0 Å². The third-order valence-electron chi connectivity index (χ3n) is 4.29. The van der Waals surface area contributed by atoms with Crippen LogP contribution >= 0.6 is 11.6 Å². The summed E-state index contributed by atoms with van der Waals surface area (Å²) in [6.45, 7) is 0. The number of hydrogen-bond acceptors (Lipinski definition) is 2. The summed E-state index contributed by atoms with van der Waals surface area (Å²) < 4.78 is 13.1. The van der Waals surface area contributed by atoms with E-state index < -0.39 is 5.82 Å². The molecule has 4 heteroatoms. The fraction of sp³-hybridized carbons (Fsp3) is 0.533. The summed E-state index contributed by atoms with van der Waals surface area (Å²) in [5.41, 5.74) is 0.525. The van der Waals surface area contributed by atoms with Crippen molar-refractivity contribution in [2.45, 2.75) is 44.2 Å². The molecular weight excluding hydrogens is 265 g/mol. The summed E-state index contributed by atoms with van der Waals surface area (Å²) in [7, 11) is 0. The summed E-state index contributed by atoms with van der Waals surface area (Å²) in [5, 5.41) is 3.59. The Bertz CT molecular complexity index is 493. The van der Waals surface area contributed by atoms with E-state index in [4.69, 9.17) is 11.6 Å². The Balaban J connectivity index is 1.66. The average Bonchev–Trinajstić information content (AvgIpc) is 2.72. The van der Waals surface area contributed by atoms with Gasteiger partial charge in [-0.1, -0.05) is 11.6 Å². The molecule has 1 aromatic carbocycles. The molecule has 19 heavy (non-hydrogen) atoms. The van der Waals surface area contributed by atoms with Gasteiger partial charge >= 0.3 is 0 Å². The lowest BCUT2D eigenvalue weighted by atomic mass is 9.87. The molecule has 2 fully saturated rings. The summed E-state index contributed by atoms with van der Waals surface area (Å²) in [6.07, 6.45) is 5.18. The van der Waals surface area contributed by atoms with E-state index in [1.54, 1.807) is 0 Å². The van der Waals surface area contributed by atoms with E-state index in [1.807, 2.05) is 0 Å². The minimum absolute atomic E-state index is 0.0243. The molecule has 2 atom stereocenters. The smallest absolute Gasteiger partial charge is 0.163 e. The SMILES string of the molecule is O=C(CC1CC2CCC(C1)N2)c1ccc(F)c(Cl)c1. The van der Waals surface area contributed by atoms with Gasteiger partial charge in [0, 0.05) is 24.1 Å². The van der Waals surface area contributed by atoms with Gasteiger partial charge in [-0.25, -0.2) is 4.39 Å². The third kappa shape index (κ3) is 2.82. The molecule has 2 nitrogen and oxygen atoms in total. The Kier molecular flexibility index (Phi) is 3.59. The summed E-state index contributed by atoms with van der Waals surface area (Å²) in [4.78, 5) is 12.2. The number of halogens is 2. The topological polar surface area (TPSA) is 29.1 Å². The molecule has 2 unspecified atom stereocenters. The second kappa shape index (κ2) is 5.22. The van der Waals surface area contributed by atoms with Crippen molar-refractivity contribution in [3.63, 3.8) is 0 Å². The van der Waals surface area contributed by atoms with Crippen LogP contribution in [-0.2, 0) is 0 Å². The zero-order valence-corrected chi connectivity index (χ0v) is 11.4. The lowest BCUT2D eigenvalue weighted by molar-refractivity contribution is 0.0945. The van der Waals surface area contributed by atoms with Crippen LogP contribution in [0.3, 0.4) is 0 Å². The van der Waals surface area contributed by atoms with Gasteiger partial charge in [0.05, 0.1) is 5.02 Å². The molecule has 1 N–H and O–H groups in total. The number of hydrogen-bond donors (Lipinski definition) is 1. The van der Waals surface area contributed by atoms with E-state index in [0.717, 1.165) is 12.8 Å². The molecule has 2 aliphatic heterocycles. The van der Waals surface area contributed by atoms with Crippen molar-refractivity contribution < 1.29 is 9.18 Å². The fourth-order valence-corrected chi connectivity index (χ4v) is 3.57. The molecule has 0 amide bonds. The van der Waals surface area contributed by atoms with Crippen LogP contribution in [0.4, 0.5) is 4.39 Å². The van der Waals surface area contributed by atoms with Crippen molar-refractivity contribution >= 4 is 17.4 Å². The number of benzene rings is 1. The molecule has 102 valence electrons. The molecule has 2 heterocycles. The Morgan fingerprint density at radius 2 is 2.00 bits per heavy atom. The maximum atomic E-state index is 13.1. The van der Waals surface area contributed by atoms with E-state index in [0.29, 0.717) is 30.0 Å². The molecule has 1 aromatic rings. The quantitative estimate of drug-likeness (QED) is 0.858. The maximum Gasteiger partial charge on any atom is 0.163 e. The largest absolute Gasteiger partial charge is 0.311 e. The van der Waals surface area contributed by atoms with Crippen LogP contribution in [-0.4, -0.2) is 17.9 Å². The number of carbonyl (C=O) groups is 1. The zero-order chi connectivity index (χ0) is 13.4. The molecule has 2 aliphatic rings. The van der Waals surface area contributed by atoms with Gasteiger partial charge in [-0.15, -0.1) is 0 Å². The zero-order valence-electron chi connectivity index (χ0n) is 10.7. The maximum absolute atomic E-state index is 13.1. The van der Waals surface area contributed by atoms with E-state index in [-0.39, 0.29) is 10.8 Å². The predicted octanol–water partition coefficient (Wildman–Crippen LogP) is 3.58. The first-order valence-corrected chi connectivity index (χ1v) is 7.24. The van der Waals surface area contributed by atoms with Gasteiger partial charge in [0.2, 0.25) is 0 Å². The first-order chi connectivity index (χ1) is 9.11. The molecular formula is C15H17ClFNO. The van der Waals surface area contributed by atoms with Crippen LogP contribution in [0.5, 0.6) is 0 Å². The number of carbonyl (C=O) groups excluding carboxylic acids is 1. The Morgan fingerprint density at radius 1 is 1.32 bits per heavy atom. The van der Waals surface area contributed by atoms with Crippen LogP contribution in [0.1, 0.15) is 42.5 Å². The fourth-order valence-electron chi connectivity index (χ4n) is 3.39. The molecule has 2 bridgehead atoms. The van der Waals surface area contributed by atoms with Gasteiger partial charge in [-0.05, 0) is 49.8 Å².